The molecule has 0 bridgehead atoms. The standard InChI is InChI=1S/C13H21N5/c1-3-7-18-8-5-6-12(18)9-14-10-13-16-15-11-17(13)4-2/h5-6,8,11,14H,3-4,7,9-10H2,1-2H3. The highest BCUT2D eigenvalue weighted by molar-refractivity contribution is 5.07. The van der Waals surface area contributed by atoms with Gasteiger partial charge in [-0.25, -0.2) is 0 Å². The molecule has 0 spiro atoms. The first kappa shape index (κ1) is 12.8. The highest BCUT2D eigenvalue weighted by atomic mass is 15.3. The third kappa shape index (κ3) is 2.98. The van der Waals surface area contributed by atoms with Gasteiger partial charge in [0.25, 0.3) is 0 Å². The molecular formula is C13H21N5. The molecule has 1 N–H and O–H groups in total. The zero-order valence-electron chi connectivity index (χ0n) is 11.1. The molecule has 0 saturated carbocycles. The van der Waals surface area contributed by atoms with Crippen molar-refractivity contribution in [3.8, 4) is 0 Å². The summed E-state index contributed by atoms with van der Waals surface area (Å²) in [6, 6.07) is 4.26. The van der Waals surface area contributed by atoms with Gasteiger partial charge >= 0.3 is 0 Å². The molecule has 0 radical (unpaired) electrons. The van der Waals surface area contributed by atoms with Crippen molar-refractivity contribution in [1.82, 2.24) is 24.6 Å². The van der Waals surface area contributed by atoms with Crippen LogP contribution in [0.5, 0.6) is 0 Å². The number of rotatable bonds is 7. The molecule has 18 heavy (non-hydrogen) atoms. The van der Waals surface area contributed by atoms with Gasteiger partial charge in [0.05, 0.1) is 6.54 Å². The maximum atomic E-state index is 4.11. The van der Waals surface area contributed by atoms with E-state index in [-0.39, 0.29) is 0 Å². The summed E-state index contributed by atoms with van der Waals surface area (Å²) in [6.07, 6.45) is 5.07. The SMILES string of the molecule is CCCn1cccc1CNCc1nncn1CC. The zero-order valence-corrected chi connectivity index (χ0v) is 11.1. The second-order valence-corrected chi connectivity index (χ2v) is 4.33. The van der Waals surface area contributed by atoms with Crippen molar-refractivity contribution in [1.29, 1.82) is 0 Å². The van der Waals surface area contributed by atoms with Crippen LogP contribution in [0.3, 0.4) is 0 Å². The van der Waals surface area contributed by atoms with E-state index < -0.39 is 0 Å². The Morgan fingerprint density at radius 3 is 2.89 bits per heavy atom. The second kappa shape index (κ2) is 6.35. The van der Waals surface area contributed by atoms with Crippen LogP contribution in [0, 0.1) is 0 Å². The summed E-state index contributed by atoms with van der Waals surface area (Å²) in [5, 5.41) is 11.5. The van der Waals surface area contributed by atoms with Gasteiger partial charge < -0.3 is 14.5 Å². The third-order valence-electron chi connectivity index (χ3n) is 3.01. The van der Waals surface area contributed by atoms with Gasteiger partial charge in [0.1, 0.15) is 12.2 Å². The Morgan fingerprint density at radius 1 is 1.22 bits per heavy atom. The molecule has 0 aromatic carbocycles. The van der Waals surface area contributed by atoms with Crippen LogP contribution < -0.4 is 5.32 Å². The topological polar surface area (TPSA) is 47.7 Å². The smallest absolute Gasteiger partial charge is 0.146 e. The Kier molecular flexibility index (Phi) is 4.52. The Hall–Kier alpha value is -1.62. The molecule has 5 nitrogen and oxygen atoms in total. The van der Waals surface area contributed by atoms with Crippen LogP contribution in [0.1, 0.15) is 31.8 Å². The fourth-order valence-electron chi connectivity index (χ4n) is 2.05. The average Bonchev–Trinajstić information content (AvgIpc) is 2.99. The van der Waals surface area contributed by atoms with Crippen LogP contribution in [-0.2, 0) is 26.2 Å². The van der Waals surface area contributed by atoms with E-state index in [1.54, 1.807) is 6.33 Å². The lowest BCUT2D eigenvalue weighted by Gasteiger charge is -2.09. The lowest BCUT2D eigenvalue weighted by Crippen LogP contribution is -2.18. The van der Waals surface area contributed by atoms with Gasteiger partial charge in [0, 0.05) is 31.5 Å². The number of nitrogens with zero attached hydrogens (tertiary/aromatic N) is 4. The Balaban J connectivity index is 1.86. The minimum absolute atomic E-state index is 0.755. The maximum Gasteiger partial charge on any atom is 0.146 e. The van der Waals surface area contributed by atoms with Crippen molar-refractivity contribution >= 4 is 0 Å². The third-order valence-corrected chi connectivity index (χ3v) is 3.01. The summed E-state index contributed by atoms with van der Waals surface area (Å²) in [7, 11) is 0. The average molecular weight is 247 g/mol. The zero-order chi connectivity index (χ0) is 12.8. The Labute approximate surface area is 108 Å². The minimum Gasteiger partial charge on any atom is -0.350 e. The molecule has 2 rings (SSSR count). The van der Waals surface area contributed by atoms with E-state index in [2.05, 4.69) is 56.8 Å². The van der Waals surface area contributed by atoms with E-state index in [0.29, 0.717) is 0 Å². The predicted molar refractivity (Wildman–Crippen MR) is 71.0 cm³/mol. The van der Waals surface area contributed by atoms with E-state index in [1.165, 1.54) is 5.69 Å². The molecule has 0 fully saturated rings. The number of hydrogen-bond donors (Lipinski definition) is 1. The number of aryl methyl sites for hydroxylation is 2. The molecule has 2 aromatic heterocycles. The van der Waals surface area contributed by atoms with Crippen molar-refractivity contribution in [2.24, 2.45) is 0 Å². The first-order valence-electron chi connectivity index (χ1n) is 6.56. The van der Waals surface area contributed by atoms with Gasteiger partial charge in [-0.05, 0) is 25.5 Å². The lowest BCUT2D eigenvalue weighted by atomic mass is 10.4. The molecule has 0 amide bonds. The van der Waals surface area contributed by atoms with E-state index >= 15 is 0 Å². The summed E-state index contributed by atoms with van der Waals surface area (Å²) < 4.78 is 4.34. The van der Waals surface area contributed by atoms with Crippen LogP contribution >= 0.6 is 0 Å². The van der Waals surface area contributed by atoms with Crippen LogP contribution in [0.25, 0.3) is 0 Å². The summed E-state index contributed by atoms with van der Waals surface area (Å²) in [6.45, 7) is 7.90. The van der Waals surface area contributed by atoms with E-state index in [4.69, 9.17) is 0 Å². The number of aromatic nitrogens is 4. The lowest BCUT2D eigenvalue weighted by molar-refractivity contribution is 0.575. The van der Waals surface area contributed by atoms with Gasteiger partial charge in [-0.2, -0.15) is 0 Å². The van der Waals surface area contributed by atoms with Gasteiger partial charge in [-0.3, -0.25) is 0 Å². The van der Waals surface area contributed by atoms with Crippen LogP contribution in [-0.4, -0.2) is 19.3 Å². The van der Waals surface area contributed by atoms with Crippen LogP contribution in [0.2, 0.25) is 0 Å². The first-order chi connectivity index (χ1) is 8.85. The van der Waals surface area contributed by atoms with Crippen molar-refractivity contribution in [2.75, 3.05) is 0 Å². The van der Waals surface area contributed by atoms with Gasteiger partial charge in [0.15, 0.2) is 0 Å². The van der Waals surface area contributed by atoms with E-state index in [0.717, 1.165) is 38.4 Å². The van der Waals surface area contributed by atoms with Crippen LogP contribution in [0.4, 0.5) is 0 Å². The quantitative estimate of drug-likeness (QED) is 0.811. The summed E-state index contributed by atoms with van der Waals surface area (Å²) in [5.41, 5.74) is 1.32. The fraction of sp³-hybridized carbons (Fsp3) is 0.538. The Morgan fingerprint density at radius 2 is 2.11 bits per heavy atom. The normalized spacial score (nSPS) is 11.0. The van der Waals surface area contributed by atoms with E-state index in [9.17, 15) is 0 Å². The maximum absolute atomic E-state index is 4.11. The number of nitrogens with one attached hydrogen (secondary N) is 1. The highest BCUT2D eigenvalue weighted by Gasteiger charge is 2.03. The van der Waals surface area contributed by atoms with Gasteiger partial charge in [-0.1, -0.05) is 6.92 Å². The van der Waals surface area contributed by atoms with Crippen molar-refractivity contribution in [2.45, 2.75) is 46.4 Å². The summed E-state index contributed by atoms with van der Waals surface area (Å²) in [5.74, 6) is 0.992. The van der Waals surface area contributed by atoms with Crippen LogP contribution in [0.15, 0.2) is 24.7 Å². The summed E-state index contributed by atoms with van der Waals surface area (Å²) >= 11 is 0. The highest BCUT2D eigenvalue weighted by Crippen LogP contribution is 2.04. The largest absolute Gasteiger partial charge is 0.350 e. The molecule has 0 aliphatic heterocycles. The molecule has 98 valence electrons. The monoisotopic (exact) mass is 247 g/mol. The van der Waals surface area contributed by atoms with Crippen molar-refractivity contribution in [3.05, 3.63) is 36.2 Å². The molecule has 5 heteroatoms. The predicted octanol–water partition coefficient (Wildman–Crippen LogP) is 1.80. The second-order valence-electron chi connectivity index (χ2n) is 4.33. The molecule has 0 aliphatic carbocycles. The number of hydrogen-bond acceptors (Lipinski definition) is 3. The van der Waals surface area contributed by atoms with E-state index in [1.807, 2.05) is 0 Å². The molecule has 0 aliphatic rings. The van der Waals surface area contributed by atoms with Crippen molar-refractivity contribution in [3.63, 3.8) is 0 Å². The molecule has 2 aromatic rings. The molecular weight excluding hydrogens is 226 g/mol. The fourth-order valence-corrected chi connectivity index (χ4v) is 2.05. The Bertz CT molecular complexity index is 471. The van der Waals surface area contributed by atoms with Gasteiger partial charge in [-0.15, -0.1) is 10.2 Å². The summed E-state index contributed by atoms with van der Waals surface area (Å²) in [4.78, 5) is 0. The molecule has 0 atom stereocenters. The minimum atomic E-state index is 0.755. The van der Waals surface area contributed by atoms with Gasteiger partial charge in [0.2, 0.25) is 0 Å². The van der Waals surface area contributed by atoms with Crippen molar-refractivity contribution < 1.29 is 0 Å². The first-order valence-corrected chi connectivity index (χ1v) is 6.56. The molecule has 2 heterocycles. The molecule has 0 saturated heterocycles. The molecule has 0 unspecified atom stereocenters.